The van der Waals surface area contributed by atoms with Gasteiger partial charge in [0.05, 0.1) is 11.7 Å². The van der Waals surface area contributed by atoms with Crippen LogP contribution in [0.4, 0.5) is 0 Å². The van der Waals surface area contributed by atoms with Crippen LogP contribution in [0.25, 0.3) is 11.1 Å². The maximum absolute atomic E-state index is 13.0. The van der Waals surface area contributed by atoms with E-state index in [-0.39, 0.29) is 24.2 Å². The largest absolute Gasteiger partial charge is 0.458 e. The number of amides is 1. The van der Waals surface area contributed by atoms with Crippen LogP contribution in [-0.2, 0) is 9.53 Å². The Bertz CT molecular complexity index is 1100. The van der Waals surface area contributed by atoms with Crippen molar-refractivity contribution in [1.82, 2.24) is 5.32 Å². The van der Waals surface area contributed by atoms with Crippen LogP contribution in [0.15, 0.2) is 66.7 Å². The molecule has 4 unspecified atom stereocenters. The van der Waals surface area contributed by atoms with Gasteiger partial charge in [-0.3, -0.25) is 4.79 Å². The minimum absolute atomic E-state index is 0.0869. The van der Waals surface area contributed by atoms with Crippen molar-refractivity contribution in [2.45, 2.75) is 63.2 Å². The molecule has 5 nitrogen and oxygen atoms in total. The van der Waals surface area contributed by atoms with E-state index in [4.69, 9.17) is 11.2 Å². The van der Waals surface area contributed by atoms with Gasteiger partial charge < -0.3 is 15.2 Å². The fourth-order valence-corrected chi connectivity index (χ4v) is 5.32. The molecule has 1 saturated heterocycles. The summed E-state index contributed by atoms with van der Waals surface area (Å²) < 4.78 is 5.97. The molecule has 5 heteroatoms. The molecule has 0 bridgehead atoms. The van der Waals surface area contributed by atoms with Gasteiger partial charge in [-0.2, -0.15) is 0 Å². The lowest BCUT2D eigenvalue weighted by Gasteiger charge is -2.23. The number of fused-ring (bicyclic) bond motifs is 1. The molecule has 1 amide bonds. The molecule has 2 aromatic carbocycles. The number of unbranched alkanes of at least 4 members (excludes halogenated alkanes) is 2. The second-order valence-electron chi connectivity index (χ2n) is 9.59. The lowest BCUT2D eigenvalue weighted by molar-refractivity contribution is -0.120. The molecule has 2 aliphatic rings. The average molecular weight is 472 g/mol. The third-order valence-corrected chi connectivity index (χ3v) is 7.22. The van der Waals surface area contributed by atoms with Gasteiger partial charge in [0, 0.05) is 24.7 Å². The molecule has 0 spiro atoms. The molecule has 1 aliphatic heterocycles. The van der Waals surface area contributed by atoms with E-state index in [1.54, 1.807) is 18.2 Å². The topological polar surface area (TPSA) is 75.6 Å². The van der Waals surface area contributed by atoms with E-state index in [0.717, 1.165) is 30.4 Å². The highest BCUT2D eigenvalue weighted by Crippen LogP contribution is 2.48. The first-order chi connectivity index (χ1) is 17.0. The molecular formula is C30H33NO4. The monoisotopic (exact) mass is 471 g/mol. The van der Waals surface area contributed by atoms with Crippen molar-refractivity contribution >= 4 is 11.9 Å². The van der Waals surface area contributed by atoms with Gasteiger partial charge in [0.1, 0.15) is 11.6 Å². The predicted octanol–water partition coefficient (Wildman–Crippen LogP) is 4.90. The Morgan fingerprint density at radius 3 is 2.60 bits per heavy atom. The number of hydrogen-bond donors (Lipinski definition) is 2. The number of ether oxygens (including phenoxy) is 1. The SMILES string of the molecule is C#CC12CC(OC(=O)c3ccc(-c4ccccc4)cc3)C(C=C[C@@H](O)CCCCC)C1CC(=O)N2. The minimum Gasteiger partial charge on any atom is -0.458 e. The number of esters is 1. The summed E-state index contributed by atoms with van der Waals surface area (Å²) in [6, 6.07) is 17.3. The molecule has 2 aromatic rings. The van der Waals surface area contributed by atoms with Crippen molar-refractivity contribution in [3.05, 3.63) is 72.3 Å². The Hall–Kier alpha value is -3.36. The standard InChI is InChI=1S/C30H33NO4/c1-3-5-7-12-24(32)17-18-25-26-19-28(33)31-30(26,4-2)20-27(25)35-29(34)23-15-13-22(14-16-23)21-10-8-6-9-11-21/h2,6,8-11,13-18,24-27,32H,3,5,7,12,19-20H2,1H3,(H,31,33)/t24-,25?,26?,27?,30?/m0/s1. The van der Waals surface area contributed by atoms with Crippen LogP contribution in [0.5, 0.6) is 0 Å². The van der Waals surface area contributed by atoms with Crippen LogP contribution in [0.1, 0.15) is 55.8 Å². The molecule has 5 atom stereocenters. The quantitative estimate of drug-likeness (QED) is 0.236. The van der Waals surface area contributed by atoms with E-state index < -0.39 is 23.7 Å². The van der Waals surface area contributed by atoms with Gasteiger partial charge in [0.15, 0.2) is 0 Å². The number of nitrogens with one attached hydrogen (secondary N) is 1. The third-order valence-electron chi connectivity index (χ3n) is 7.22. The van der Waals surface area contributed by atoms with Gasteiger partial charge in [0.2, 0.25) is 5.91 Å². The van der Waals surface area contributed by atoms with Gasteiger partial charge >= 0.3 is 5.97 Å². The number of benzene rings is 2. The Morgan fingerprint density at radius 2 is 1.91 bits per heavy atom. The van der Waals surface area contributed by atoms with E-state index in [9.17, 15) is 14.7 Å². The fraction of sp³-hybridized carbons (Fsp3) is 0.400. The summed E-state index contributed by atoms with van der Waals surface area (Å²) >= 11 is 0. The van der Waals surface area contributed by atoms with Crippen LogP contribution in [0.3, 0.4) is 0 Å². The number of carbonyl (C=O) groups is 2. The summed E-state index contributed by atoms with van der Waals surface area (Å²) in [6.07, 6.45) is 12.9. The molecule has 182 valence electrons. The number of rotatable bonds is 9. The van der Waals surface area contributed by atoms with Crippen molar-refractivity contribution in [3.8, 4) is 23.5 Å². The van der Waals surface area contributed by atoms with E-state index in [0.29, 0.717) is 18.4 Å². The maximum Gasteiger partial charge on any atom is 0.338 e. The molecule has 1 aliphatic carbocycles. The van der Waals surface area contributed by atoms with Crippen LogP contribution < -0.4 is 5.32 Å². The van der Waals surface area contributed by atoms with Crippen LogP contribution >= 0.6 is 0 Å². The molecule has 4 rings (SSSR count). The van der Waals surface area contributed by atoms with Gasteiger partial charge in [-0.15, -0.1) is 6.42 Å². The molecular weight excluding hydrogens is 438 g/mol. The average Bonchev–Trinajstić information content (AvgIpc) is 3.34. The molecule has 35 heavy (non-hydrogen) atoms. The second kappa shape index (κ2) is 10.9. The summed E-state index contributed by atoms with van der Waals surface area (Å²) in [5.41, 5.74) is 1.72. The van der Waals surface area contributed by atoms with E-state index in [1.165, 1.54) is 0 Å². The molecule has 1 saturated carbocycles. The summed E-state index contributed by atoms with van der Waals surface area (Å²) in [5, 5.41) is 13.3. The summed E-state index contributed by atoms with van der Waals surface area (Å²) in [7, 11) is 0. The number of aliphatic hydroxyl groups is 1. The van der Waals surface area contributed by atoms with Crippen LogP contribution in [-0.4, -0.2) is 34.7 Å². The Kier molecular flexibility index (Phi) is 7.73. The zero-order chi connectivity index (χ0) is 24.8. The van der Waals surface area contributed by atoms with E-state index >= 15 is 0 Å². The van der Waals surface area contributed by atoms with Gasteiger partial charge in [-0.25, -0.2) is 4.79 Å². The molecule has 1 heterocycles. The van der Waals surface area contributed by atoms with Gasteiger partial charge in [-0.1, -0.05) is 86.7 Å². The zero-order valence-corrected chi connectivity index (χ0v) is 20.2. The van der Waals surface area contributed by atoms with Gasteiger partial charge in [0.25, 0.3) is 0 Å². The first-order valence-electron chi connectivity index (χ1n) is 12.5. The molecule has 2 N–H and O–H groups in total. The Balaban J connectivity index is 1.49. The normalized spacial score (nSPS) is 26.2. The molecule has 0 radical (unpaired) electrons. The number of terminal acetylenes is 1. The summed E-state index contributed by atoms with van der Waals surface area (Å²) in [6.45, 7) is 2.12. The van der Waals surface area contributed by atoms with Gasteiger partial charge in [-0.05, 0) is 29.7 Å². The Labute approximate surface area is 207 Å². The molecule has 2 fully saturated rings. The van der Waals surface area contributed by atoms with E-state index in [1.807, 2.05) is 48.5 Å². The molecule has 0 aromatic heterocycles. The lowest BCUT2D eigenvalue weighted by atomic mass is 9.84. The van der Waals surface area contributed by atoms with E-state index in [2.05, 4.69) is 18.2 Å². The summed E-state index contributed by atoms with van der Waals surface area (Å²) in [4.78, 5) is 25.2. The van der Waals surface area contributed by atoms with Crippen LogP contribution in [0.2, 0.25) is 0 Å². The summed E-state index contributed by atoms with van der Waals surface area (Å²) in [5.74, 6) is 1.84. The highest BCUT2D eigenvalue weighted by molar-refractivity contribution is 5.90. The first kappa shape index (κ1) is 24.8. The first-order valence-corrected chi connectivity index (χ1v) is 12.5. The lowest BCUT2D eigenvalue weighted by Crippen LogP contribution is -2.42. The third kappa shape index (κ3) is 5.49. The number of carbonyl (C=O) groups excluding carboxylic acids is 2. The highest BCUT2D eigenvalue weighted by Gasteiger charge is 2.58. The van der Waals surface area contributed by atoms with Crippen molar-refractivity contribution in [2.24, 2.45) is 11.8 Å². The Morgan fingerprint density at radius 1 is 1.20 bits per heavy atom. The van der Waals surface area contributed by atoms with Crippen molar-refractivity contribution < 1.29 is 19.4 Å². The fourth-order valence-electron chi connectivity index (χ4n) is 5.32. The van der Waals surface area contributed by atoms with Crippen molar-refractivity contribution in [2.75, 3.05) is 0 Å². The smallest absolute Gasteiger partial charge is 0.338 e. The zero-order valence-electron chi connectivity index (χ0n) is 20.2. The second-order valence-corrected chi connectivity index (χ2v) is 9.59. The van der Waals surface area contributed by atoms with Crippen molar-refractivity contribution in [3.63, 3.8) is 0 Å². The minimum atomic E-state index is -0.832. The predicted molar refractivity (Wildman–Crippen MR) is 136 cm³/mol. The number of hydrogen-bond acceptors (Lipinski definition) is 4. The van der Waals surface area contributed by atoms with Crippen LogP contribution in [0, 0.1) is 24.2 Å². The van der Waals surface area contributed by atoms with Crippen molar-refractivity contribution in [1.29, 1.82) is 0 Å². The maximum atomic E-state index is 13.0. The highest BCUT2D eigenvalue weighted by atomic mass is 16.5. The number of aliphatic hydroxyl groups excluding tert-OH is 1.